The number of ether oxygens (including phenoxy) is 2. The largest absolute Gasteiger partial charge is 0.492 e. The van der Waals surface area contributed by atoms with Gasteiger partial charge in [0.15, 0.2) is 5.96 Å². The Labute approximate surface area is 209 Å². The fraction of sp³-hybridized carbons (Fsp3) is 0.667. The van der Waals surface area contributed by atoms with E-state index in [1.54, 1.807) is 7.05 Å². The van der Waals surface area contributed by atoms with Gasteiger partial charge < -0.3 is 24.6 Å². The summed E-state index contributed by atoms with van der Waals surface area (Å²) >= 11 is 0. The molecule has 0 radical (unpaired) electrons. The van der Waals surface area contributed by atoms with Crippen LogP contribution < -0.4 is 10.1 Å². The lowest BCUT2D eigenvalue weighted by atomic mass is 9.87. The van der Waals surface area contributed by atoms with Crippen molar-refractivity contribution >= 4 is 35.8 Å². The van der Waals surface area contributed by atoms with Crippen molar-refractivity contribution in [3.8, 4) is 5.75 Å². The third-order valence-corrected chi connectivity index (χ3v) is 6.03. The number of nitrogens with one attached hydrogen (secondary N) is 1. The number of nitrogens with zero attached hydrogens (tertiary/aromatic N) is 3. The van der Waals surface area contributed by atoms with Crippen molar-refractivity contribution < 1.29 is 14.3 Å². The minimum absolute atomic E-state index is 0. The van der Waals surface area contributed by atoms with Crippen LogP contribution in [-0.2, 0) is 14.9 Å². The van der Waals surface area contributed by atoms with Gasteiger partial charge >= 0.3 is 0 Å². The summed E-state index contributed by atoms with van der Waals surface area (Å²) < 4.78 is 11.3. The highest BCUT2D eigenvalue weighted by atomic mass is 127. The van der Waals surface area contributed by atoms with E-state index in [1.165, 1.54) is 5.56 Å². The predicted molar refractivity (Wildman–Crippen MR) is 139 cm³/mol. The smallest absolute Gasteiger partial charge is 0.225 e. The molecule has 0 aliphatic carbocycles. The molecule has 1 N–H and O–H groups in total. The van der Waals surface area contributed by atoms with Crippen molar-refractivity contribution in [2.75, 3.05) is 59.6 Å². The van der Waals surface area contributed by atoms with Gasteiger partial charge in [-0.15, -0.1) is 24.0 Å². The molecule has 1 aromatic rings. The van der Waals surface area contributed by atoms with Gasteiger partial charge in [-0.2, -0.15) is 0 Å². The van der Waals surface area contributed by atoms with E-state index in [4.69, 9.17) is 9.47 Å². The van der Waals surface area contributed by atoms with E-state index < -0.39 is 0 Å². The van der Waals surface area contributed by atoms with E-state index >= 15 is 0 Å². The van der Waals surface area contributed by atoms with Crippen LogP contribution in [0, 0.1) is 5.92 Å². The maximum absolute atomic E-state index is 12.7. The van der Waals surface area contributed by atoms with Gasteiger partial charge in [0, 0.05) is 39.1 Å². The van der Waals surface area contributed by atoms with E-state index in [0.29, 0.717) is 26.4 Å². The van der Waals surface area contributed by atoms with Crippen LogP contribution in [0.15, 0.2) is 29.3 Å². The zero-order valence-corrected chi connectivity index (χ0v) is 22.3. The summed E-state index contributed by atoms with van der Waals surface area (Å²) in [6, 6.07) is 8.30. The molecule has 0 atom stereocenters. The lowest BCUT2D eigenvalue weighted by Gasteiger charge is -2.36. The maximum Gasteiger partial charge on any atom is 0.225 e. The number of rotatable bonds is 5. The van der Waals surface area contributed by atoms with E-state index in [9.17, 15) is 4.79 Å². The predicted octanol–water partition coefficient (Wildman–Crippen LogP) is 3.13. The molecule has 1 aromatic carbocycles. The van der Waals surface area contributed by atoms with Crippen LogP contribution in [0.25, 0.3) is 0 Å². The Hall–Kier alpha value is -1.55. The van der Waals surface area contributed by atoms with E-state index in [1.807, 2.05) is 17.0 Å². The van der Waals surface area contributed by atoms with Gasteiger partial charge in [0.1, 0.15) is 12.4 Å². The number of hydrogen-bond acceptors (Lipinski definition) is 4. The van der Waals surface area contributed by atoms with Crippen molar-refractivity contribution in [2.24, 2.45) is 10.9 Å². The van der Waals surface area contributed by atoms with Gasteiger partial charge in [0.2, 0.25) is 5.91 Å². The molecule has 3 rings (SSSR count). The number of halogens is 1. The maximum atomic E-state index is 12.7. The lowest BCUT2D eigenvalue weighted by molar-refractivity contribution is -0.140. The lowest BCUT2D eigenvalue weighted by Crippen LogP contribution is -2.50. The van der Waals surface area contributed by atoms with Crippen molar-refractivity contribution in [3.63, 3.8) is 0 Å². The van der Waals surface area contributed by atoms with Crippen LogP contribution in [0.4, 0.5) is 0 Å². The number of morpholine rings is 1. The Bertz CT molecular complexity index is 752. The average molecular weight is 559 g/mol. The summed E-state index contributed by atoms with van der Waals surface area (Å²) in [6.07, 6.45) is 1.74. The number of carbonyl (C=O) groups excluding carboxylic acids is 1. The topological polar surface area (TPSA) is 66.4 Å². The highest BCUT2D eigenvalue weighted by Gasteiger charge is 2.30. The normalized spacial score (nSPS) is 18.2. The highest BCUT2D eigenvalue weighted by Crippen LogP contribution is 2.25. The van der Waals surface area contributed by atoms with Crippen LogP contribution in [0.3, 0.4) is 0 Å². The first-order valence-corrected chi connectivity index (χ1v) is 11.4. The van der Waals surface area contributed by atoms with Crippen molar-refractivity contribution in [1.29, 1.82) is 0 Å². The Balaban J connectivity index is 0.00000363. The molecule has 2 fully saturated rings. The third-order valence-electron chi connectivity index (χ3n) is 6.03. The van der Waals surface area contributed by atoms with Crippen LogP contribution in [0.1, 0.15) is 39.2 Å². The van der Waals surface area contributed by atoms with Crippen LogP contribution in [0.5, 0.6) is 5.75 Å². The fourth-order valence-corrected chi connectivity index (χ4v) is 4.10. The van der Waals surface area contributed by atoms with E-state index in [2.05, 4.69) is 48.1 Å². The molecule has 1 amide bonds. The molecule has 180 valence electrons. The monoisotopic (exact) mass is 558 g/mol. The molecule has 2 saturated heterocycles. The molecule has 0 aromatic heterocycles. The van der Waals surface area contributed by atoms with Gasteiger partial charge in [-0.05, 0) is 36.0 Å². The fourth-order valence-electron chi connectivity index (χ4n) is 4.10. The first-order chi connectivity index (χ1) is 14.9. The second kappa shape index (κ2) is 12.6. The molecule has 0 bridgehead atoms. The number of piperidine rings is 1. The second-order valence-electron chi connectivity index (χ2n) is 9.30. The minimum atomic E-state index is 0. The van der Waals surface area contributed by atoms with Crippen LogP contribution >= 0.6 is 24.0 Å². The van der Waals surface area contributed by atoms with Gasteiger partial charge in [0.25, 0.3) is 0 Å². The number of guanidine groups is 1. The van der Waals surface area contributed by atoms with E-state index in [-0.39, 0.29) is 41.2 Å². The Kier molecular flexibility index (Phi) is 10.5. The zero-order chi connectivity index (χ0) is 22.3. The molecule has 0 spiro atoms. The molecule has 0 unspecified atom stereocenters. The third kappa shape index (κ3) is 7.50. The average Bonchev–Trinajstić information content (AvgIpc) is 2.79. The number of amides is 1. The number of aliphatic imine (C=N–C) groups is 1. The molecule has 2 aliphatic rings. The first-order valence-electron chi connectivity index (χ1n) is 11.4. The molecule has 7 nitrogen and oxygen atoms in total. The quantitative estimate of drug-likeness (QED) is 0.261. The Morgan fingerprint density at radius 1 is 1.16 bits per heavy atom. The summed E-state index contributed by atoms with van der Waals surface area (Å²) in [5.74, 6) is 2.18. The van der Waals surface area contributed by atoms with Crippen molar-refractivity contribution in [1.82, 2.24) is 15.1 Å². The molecule has 8 heteroatoms. The number of benzene rings is 1. The summed E-state index contributed by atoms with van der Waals surface area (Å²) in [7, 11) is 1.81. The number of likely N-dealkylation sites (tertiary alicyclic amines) is 1. The summed E-state index contributed by atoms with van der Waals surface area (Å²) in [6.45, 7) is 12.3. The van der Waals surface area contributed by atoms with Crippen LogP contribution in [-0.4, -0.2) is 81.3 Å². The Morgan fingerprint density at radius 2 is 1.84 bits per heavy atom. The number of hydrogen-bond donors (Lipinski definition) is 1. The molecule has 2 aliphatic heterocycles. The van der Waals surface area contributed by atoms with Crippen molar-refractivity contribution in [3.05, 3.63) is 29.8 Å². The van der Waals surface area contributed by atoms with Gasteiger partial charge in [-0.1, -0.05) is 32.9 Å². The molecule has 0 saturated carbocycles. The molecule has 2 heterocycles. The minimum Gasteiger partial charge on any atom is -0.492 e. The molecular weight excluding hydrogens is 519 g/mol. The van der Waals surface area contributed by atoms with Gasteiger partial charge in [-0.25, -0.2) is 0 Å². The SMILES string of the molecule is CN=C(NCCOc1cccc(C(C)(C)C)c1)N1CCC(C(=O)N2CCOCC2)CC1.I. The van der Waals surface area contributed by atoms with E-state index in [0.717, 1.165) is 50.7 Å². The van der Waals surface area contributed by atoms with Gasteiger partial charge in [0.05, 0.1) is 19.8 Å². The first kappa shape index (κ1) is 26.7. The summed E-state index contributed by atoms with van der Waals surface area (Å²) in [5, 5.41) is 3.40. The summed E-state index contributed by atoms with van der Waals surface area (Å²) in [5.41, 5.74) is 1.37. The zero-order valence-electron chi connectivity index (χ0n) is 19.9. The summed E-state index contributed by atoms with van der Waals surface area (Å²) in [4.78, 5) is 21.3. The molecule has 32 heavy (non-hydrogen) atoms. The van der Waals surface area contributed by atoms with Crippen molar-refractivity contribution in [2.45, 2.75) is 39.0 Å². The standard InChI is InChI=1S/C24H38N4O3.HI/c1-24(2,3)20-6-5-7-21(18-20)31-15-10-26-23(25-4)28-11-8-19(9-12-28)22(29)27-13-16-30-17-14-27;/h5-7,18-19H,8-17H2,1-4H3,(H,25,26);1H. The second-order valence-corrected chi connectivity index (χ2v) is 9.30. The number of carbonyl (C=O) groups is 1. The highest BCUT2D eigenvalue weighted by molar-refractivity contribution is 14.0. The molecular formula is C24H39IN4O3. The van der Waals surface area contributed by atoms with Crippen LogP contribution in [0.2, 0.25) is 0 Å². The van der Waals surface area contributed by atoms with Gasteiger partial charge in [-0.3, -0.25) is 9.79 Å². The Morgan fingerprint density at radius 3 is 2.47 bits per heavy atom.